The van der Waals surface area contributed by atoms with Crippen molar-refractivity contribution in [2.75, 3.05) is 6.61 Å². The van der Waals surface area contributed by atoms with Crippen LogP contribution in [-0.4, -0.2) is 33.5 Å². The minimum absolute atomic E-state index is 0.235. The summed E-state index contributed by atoms with van der Waals surface area (Å²) >= 11 is 1.83. The van der Waals surface area contributed by atoms with Gasteiger partial charge in [0.05, 0.1) is 10.2 Å². The SMILES string of the molecule is C=C=COC1CC(n2cc(I)c(=O)[nH]c2=O)OC1CO. The van der Waals surface area contributed by atoms with Gasteiger partial charge in [0.25, 0.3) is 5.56 Å². The number of rotatable bonds is 4. The first-order valence-corrected chi connectivity index (χ1v) is 6.91. The lowest BCUT2D eigenvalue weighted by atomic mass is 10.2. The fourth-order valence-electron chi connectivity index (χ4n) is 1.99. The van der Waals surface area contributed by atoms with Crippen molar-refractivity contribution in [1.82, 2.24) is 9.55 Å². The van der Waals surface area contributed by atoms with E-state index in [-0.39, 0.29) is 6.61 Å². The Morgan fingerprint density at radius 2 is 2.45 bits per heavy atom. The summed E-state index contributed by atoms with van der Waals surface area (Å²) in [5, 5.41) is 9.27. The van der Waals surface area contributed by atoms with Gasteiger partial charge in [0.2, 0.25) is 0 Å². The van der Waals surface area contributed by atoms with E-state index in [4.69, 9.17) is 9.47 Å². The second-order valence-corrected chi connectivity index (χ2v) is 5.35. The van der Waals surface area contributed by atoms with Gasteiger partial charge in [-0.2, -0.15) is 0 Å². The average Bonchev–Trinajstić information content (AvgIpc) is 2.83. The Balaban J connectivity index is 2.27. The van der Waals surface area contributed by atoms with Gasteiger partial charge in [-0.15, -0.1) is 0 Å². The molecule has 1 fully saturated rings. The van der Waals surface area contributed by atoms with E-state index < -0.39 is 29.7 Å². The van der Waals surface area contributed by atoms with Gasteiger partial charge in [-0.1, -0.05) is 12.3 Å². The maximum atomic E-state index is 11.8. The zero-order valence-electron chi connectivity index (χ0n) is 10.4. The van der Waals surface area contributed by atoms with Crippen LogP contribution in [0.1, 0.15) is 12.6 Å². The number of nitrogens with zero attached hydrogens (tertiary/aromatic N) is 1. The Labute approximate surface area is 127 Å². The Morgan fingerprint density at radius 1 is 1.70 bits per heavy atom. The first-order chi connectivity index (χ1) is 9.56. The summed E-state index contributed by atoms with van der Waals surface area (Å²) in [5.74, 6) is 0. The van der Waals surface area contributed by atoms with E-state index in [1.54, 1.807) is 0 Å². The Bertz CT molecular complexity index is 646. The Morgan fingerprint density at radius 3 is 3.10 bits per heavy atom. The molecule has 1 aliphatic heterocycles. The maximum Gasteiger partial charge on any atom is 0.330 e. The number of hydrogen-bond acceptors (Lipinski definition) is 5. The van der Waals surface area contributed by atoms with Crippen LogP contribution in [0, 0.1) is 3.57 Å². The van der Waals surface area contributed by atoms with Crippen molar-refractivity contribution in [3.05, 3.63) is 49.2 Å². The highest BCUT2D eigenvalue weighted by Gasteiger charge is 2.37. The molecule has 1 aromatic heterocycles. The van der Waals surface area contributed by atoms with Gasteiger partial charge in [0, 0.05) is 12.6 Å². The van der Waals surface area contributed by atoms with Crippen molar-refractivity contribution >= 4 is 22.6 Å². The summed E-state index contributed by atoms with van der Waals surface area (Å²) in [6.07, 6.45) is 1.52. The molecule has 1 aromatic rings. The van der Waals surface area contributed by atoms with E-state index in [0.717, 1.165) is 0 Å². The lowest BCUT2D eigenvalue weighted by Crippen LogP contribution is -2.33. The normalized spacial score (nSPS) is 25.2. The van der Waals surface area contributed by atoms with Crippen LogP contribution in [0.5, 0.6) is 0 Å². The molecule has 0 amide bonds. The van der Waals surface area contributed by atoms with Crippen LogP contribution in [0.15, 0.2) is 34.4 Å². The number of aromatic nitrogens is 2. The van der Waals surface area contributed by atoms with Gasteiger partial charge in [-0.05, 0) is 22.6 Å². The fraction of sp³-hybridized carbons (Fsp3) is 0.417. The standard InChI is InChI=1S/C12H13IN2O5/c1-2-3-19-8-4-10(20-9(8)6-16)15-5-7(13)11(17)14-12(15)18/h3,5,8-10,16H,1,4,6H2,(H,14,17,18). The van der Waals surface area contributed by atoms with E-state index in [0.29, 0.717) is 9.99 Å². The largest absolute Gasteiger partial charge is 0.487 e. The van der Waals surface area contributed by atoms with Crippen molar-refractivity contribution in [2.24, 2.45) is 0 Å². The highest BCUT2D eigenvalue weighted by molar-refractivity contribution is 14.1. The number of ether oxygens (including phenoxy) is 2. The third-order valence-corrected chi connectivity index (χ3v) is 3.69. The van der Waals surface area contributed by atoms with Crippen LogP contribution in [0.4, 0.5) is 0 Å². The molecule has 0 bridgehead atoms. The number of halogens is 1. The third-order valence-electron chi connectivity index (χ3n) is 2.92. The number of aromatic amines is 1. The molecular weight excluding hydrogens is 379 g/mol. The number of aliphatic hydroxyl groups is 1. The van der Waals surface area contributed by atoms with Crippen molar-refractivity contribution in [3.63, 3.8) is 0 Å². The van der Waals surface area contributed by atoms with Crippen molar-refractivity contribution < 1.29 is 14.6 Å². The molecule has 2 heterocycles. The summed E-state index contributed by atoms with van der Waals surface area (Å²) in [6.45, 7) is 3.15. The predicted molar refractivity (Wildman–Crippen MR) is 78.2 cm³/mol. The summed E-state index contributed by atoms with van der Waals surface area (Å²) in [5.41, 5.74) is 1.47. The fourth-order valence-corrected chi connectivity index (χ4v) is 2.42. The average molecular weight is 392 g/mol. The molecule has 3 atom stereocenters. The predicted octanol–water partition coefficient (Wildman–Crippen LogP) is 0.105. The zero-order chi connectivity index (χ0) is 14.7. The van der Waals surface area contributed by atoms with E-state index in [2.05, 4.69) is 17.3 Å². The number of aliphatic hydroxyl groups excluding tert-OH is 1. The molecule has 2 rings (SSSR count). The van der Waals surface area contributed by atoms with E-state index in [1.165, 1.54) is 17.0 Å². The minimum atomic E-state index is -0.603. The quantitative estimate of drug-likeness (QED) is 0.431. The van der Waals surface area contributed by atoms with E-state index in [1.807, 2.05) is 22.6 Å². The zero-order valence-corrected chi connectivity index (χ0v) is 12.6. The Hall–Kier alpha value is -1.35. The van der Waals surface area contributed by atoms with Gasteiger partial charge in [0.15, 0.2) is 0 Å². The van der Waals surface area contributed by atoms with Crippen LogP contribution in [0.3, 0.4) is 0 Å². The summed E-state index contributed by atoms with van der Waals surface area (Å²) in [7, 11) is 0. The summed E-state index contributed by atoms with van der Waals surface area (Å²) in [4.78, 5) is 25.3. The second kappa shape index (κ2) is 6.40. The second-order valence-electron chi connectivity index (χ2n) is 4.19. The van der Waals surface area contributed by atoms with Gasteiger partial charge in [-0.25, -0.2) is 4.79 Å². The summed E-state index contributed by atoms with van der Waals surface area (Å²) < 4.78 is 12.6. The Kier molecular flexibility index (Phi) is 4.81. The van der Waals surface area contributed by atoms with Gasteiger partial charge >= 0.3 is 5.69 Å². The van der Waals surface area contributed by atoms with Crippen molar-refractivity contribution in [3.8, 4) is 0 Å². The molecule has 0 radical (unpaired) electrons. The van der Waals surface area contributed by atoms with Crippen LogP contribution in [0.25, 0.3) is 0 Å². The van der Waals surface area contributed by atoms with Crippen molar-refractivity contribution in [1.29, 1.82) is 0 Å². The highest BCUT2D eigenvalue weighted by Crippen LogP contribution is 2.29. The molecular formula is C12H13IN2O5. The third kappa shape index (κ3) is 3.04. The van der Waals surface area contributed by atoms with E-state index >= 15 is 0 Å². The van der Waals surface area contributed by atoms with Gasteiger partial charge in [-0.3, -0.25) is 14.3 Å². The first-order valence-electron chi connectivity index (χ1n) is 5.84. The van der Waals surface area contributed by atoms with Gasteiger partial charge in [0.1, 0.15) is 24.7 Å². The molecule has 0 spiro atoms. The molecule has 8 heteroatoms. The number of hydrogen-bond donors (Lipinski definition) is 2. The molecule has 3 unspecified atom stereocenters. The molecule has 20 heavy (non-hydrogen) atoms. The van der Waals surface area contributed by atoms with Crippen LogP contribution < -0.4 is 11.2 Å². The maximum absolute atomic E-state index is 11.8. The van der Waals surface area contributed by atoms with E-state index in [9.17, 15) is 14.7 Å². The number of nitrogens with one attached hydrogen (secondary N) is 1. The molecule has 2 N–H and O–H groups in total. The molecule has 108 valence electrons. The number of H-pyrrole nitrogens is 1. The molecule has 7 nitrogen and oxygen atoms in total. The topological polar surface area (TPSA) is 93.6 Å². The van der Waals surface area contributed by atoms with Crippen LogP contribution in [-0.2, 0) is 9.47 Å². The minimum Gasteiger partial charge on any atom is -0.487 e. The monoisotopic (exact) mass is 392 g/mol. The smallest absolute Gasteiger partial charge is 0.330 e. The molecule has 0 aromatic carbocycles. The van der Waals surface area contributed by atoms with Gasteiger partial charge < -0.3 is 14.6 Å². The lowest BCUT2D eigenvalue weighted by Gasteiger charge is -2.14. The highest BCUT2D eigenvalue weighted by atomic mass is 127. The lowest BCUT2D eigenvalue weighted by molar-refractivity contribution is -0.0480. The molecule has 1 saturated heterocycles. The molecule has 0 aliphatic carbocycles. The first kappa shape index (κ1) is 15.0. The van der Waals surface area contributed by atoms with Crippen molar-refractivity contribution in [2.45, 2.75) is 24.9 Å². The molecule has 0 saturated carbocycles. The summed E-state index contributed by atoms with van der Waals surface area (Å²) in [6, 6.07) is 0. The molecule has 1 aliphatic rings. The van der Waals surface area contributed by atoms with Crippen LogP contribution in [0.2, 0.25) is 0 Å². The van der Waals surface area contributed by atoms with Crippen LogP contribution >= 0.6 is 22.6 Å².